The van der Waals surface area contributed by atoms with Gasteiger partial charge in [-0.05, 0) is 6.92 Å². The average molecular weight is 159 g/mol. The largest absolute Gasteiger partial charge is 0.465 e. The van der Waals surface area contributed by atoms with Crippen molar-refractivity contribution in [2.45, 2.75) is 6.92 Å². The SMILES string of the molecule is CCOC(=O)C1(CN)C[NH2+]C1. The third-order valence-electron chi connectivity index (χ3n) is 2.17. The number of ether oxygens (including phenoxy) is 1. The van der Waals surface area contributed by atoms with Gasteiger partial charge in [0, 0.05) is 6.54 Å². The van der Waals surface area contributed by atoms with Crippen LogP contribution in [0.15, 0.2) is 0 Å². The summed E-state index contributed by atoms with van der Waals surface area (Å²) in [6.45, 7) is 4.22. The van der Waals surface area contributed by atoms with Crippen molar-refractivity contribution in [3.05, 3.63) is 0 Å². The molecule has 1 rings (SSSR count). The van der Waals surface area contributed by atoms with Gasteiger partial charge in [-0.2, -0.15) is 0 Å². The molecule has 4 N–H and O–H groups in total. The Morgan fingerprint density at radius 2 is 2.36 bits per heavy atom. The maximum absolute atomic E-state index is 11.3. The van der Waals surface area contributed by atoms with Crippen LogP contribution < -0.4 is 11.1 Å². The number of quaternary nitrogens is 1. The smallest absolute Gasteiger partial charge is 0.325 e. The number of esters is 1. The minimum atomic E-state index is -0.365. The zero-order valence-corrected chi connectivity index (χ0v) is 6.80. The van der Waals surface area contributed by atoms with E-state index < -0.39 is 0 Å². The highest BCUT2D eigenvalue weighted by atomic mass is 16.5. The summed E-state index contributed by atoms with van der Waals surface area (Å²) >= 11 is 0. The lowest BCUT2D eigenvalue weighted by Gasteiger charge is -2.34. The molecule has 0 aromatic heterocycles. The Morgan fingerprint density at radius 1 is 1.73 bits per heavy atom. The molecule has 0 amide bonds. The van der Waals surface area contributed by atoms with Gasteiger partial charge in [-0.3, -0.25) is 4.79 Å². The maximum Gasteiger partial charge on any atom is 0.325 e. The van der Waals surface area contributed by atoms with Crippen molar-refractivity contribution in [2.24, 2.45) is 11.1 Å². The molecular weight excluding hydrogens is 144 g/mol. The summed E-state index contributed by atoms with van der Waals surface area (Å²) in [4.78, 5) is 11.3. The predicted molar refractivity (Wildman–Crippen MR) is 39.8 cm³/mol. The van der Waals surface area contributed by atoms with Crippen LogP contribution in [0.4, 0.5) is 0 Å². The quantitative estimate of drug-likeness (QED) is 0.471. The Morgan fingerprint density at radius 3 is 2.64 bits per heavy atom. The van der Waals surface area contributed by atoms with Gasteiger partial charge in [0.1, 0.15) is 0 Å². The molecule has 1 heterocycles. The molecular formula is C7H15N2O2+. The van der Waals surface area contributed by atoms with E-state index in [2.05, 4.69) is 5.32 Å². The summed E-state index contributed by atoms with van der Waals surface area (Å²) in [6, 6.07) is 0. The minimum Gasteiger partial charge on any atom is -0.465 e. The van der Waals surface area contributed by atoms with Crippen LogP contribution in [0, 0.1) is 5.41 Å². The van der Waals surface area contributed by atoms with E-state index in [1.54, 1.807) is 0 Å². The summed E-state index contributed by atoms with van der Waals surface area (Å²) in [5.41, 5.74) is 5.11. The van der Waals surface area contributed by atoms with Gasteiger partial charge >= 0.3 is 5.97 Å². The Balaban J connectivity index is 2.47. The topological polar surface area (TPSA) is 68.9 Å². The van der Waals surface area contributed by atoms with Crippen LogP contribution in [-0.2, 0) is 9.53 Å². The molecule has 1 aliphatic rings. The number of rotatable bonds is 3. The second kappa shape index (κ2) is 3.19. The molecule has 0 aromatic rings. The molecule has 4 heteroatoms. The maximum atomic E-state index is 11.3. The van der Waals surface area contributed by atoms with Crippen LogP contribution in [0.5, 0.6) is 0 Å². The van der Waals surface area contributed by atoms with E-state index in [-0.39, 0.29) is 11.4 Å². The third-order valence-corrected chi connectivity index (χ3v) is 2.17. The lowest BCUT2D eigenvalue weighted by Crippen LogP contribution is -3.02. The number of carbonyl (C=O) groups excluding carboxylic acids is 1. The normalized spacial score (nSPS) is 20.5. The van der Waals surface area contributed by atoms with Crippen LogP contribution in [0.25, 0.3) is 0 Å². The summed E-state index contributed by atoms with van der Waals surface area (Å²) < 4.78 is 4.90. The van der Waals surface area contributed by atoms with Gasteiger partial charge in [-0.1, -0.05) is 0 Å². The van der Waals surface area contributed by atoms with Crippen molar-refractivity contribution >= 4 is 5.97 Å². The van der Waals surface area contributed by atoms with Crippen molar-refractivity contribution in [1.29, 1.82) is 0 Å². The number of hydrogen-bond donors (Lipinski definition) is 2. The zero-order chi connectivity index (χ0) is 8.32. The monoisotopic (exact) mass is 159 g/mol. The fraction of sp³-hybridized carbons (Fsp3) is 0.857. The Kier molecular flexibility index (Phi) is 2.46. The van der Waals surface area contributed by atoms with Gasteiger partial charge in [0.15, 0.2) is 5.41 Å². The summed E-state index contributed by atoms with van der Waals surface area (Å²) in [6.07, 6.45) is 0. The standard InChI is InChI=1S/C7H14N2O2/c1-2-11-6(10)7(3-8)4-9-5-7/h9H,2-5,8H2,1H3/p+1. The number of nitrogens with two attached hydrogens (primary N) is 2. The molecule has 0 spiro atoms. The fourth-order valence-corrected chi connectivity index (χ4v) is 1.19. The Labute approximate surface area is 66.1 Å². The van der Waals surface area contributed by atoms with E-state index in [0.717, 1.165) is 13.1 Å². The summed E-state index contributed by atoms with van der Waals surface area (Å²) in [5.74, 6) is -0.134. The van der Waals surface area contributed by atoms with Gasteiger partial charge in [0.05, 0.1) is 19.7 Å². The molecule has 1 aliphatic heterocycles. The molecule has 0 atom stereocenters. The van der Waals surface area contributed by atoms with Gasteiger partial charge < -0.3 is 15.8 Å². The minimum absolute atomic E-state index is 0.134. The first-order valence-corrected chi connectivity index (χ1v) is 3.94. The van der Waals surface area contributed by atoms with E-state index in [9.17, 15) is 4.79 Å². The van der Waals surface area contributed by atoms with Crippen LogP contribution in [0.3, 0.4) is 0 Å². The lowest BCUT2D eigenvalue weighted by molar-refractivity contribution is -0.733. The highest BCUT2D eigenvalue weighted by Gasteiger charge is 2.49. The molecule has 11 heavy (non-hydrogen) atoms. The van der Waals surface area contributed by atoms with E-state index >= 15 is 0 Å². The molecule has 1 saturated heterocycles. The number of hydrogen-bond acceptors (Lipinski definition) is 3. The van der Waals surface area contributed by atoms with Crippen LogP contribution in [0.2, 0.25) is 0 Å². The first-order valence-electron chi connectivity index (χ1n) is 3.94. The van der Waals surface area contributed by atoms with Crippen molar-refractivity contribution < 1.29 is 14.8 Å². The highest BCUT2D eigenvalue weighted by molar-refractivity contribution is 5.78. The second-order valence-electron chi connectivity index (χ2n) is 2.90. The van der Waals surface area contributed by atoms with Gasteiger partial charge in [-0.15, -0.1) is 0 Å². The molecule has 1 fully saturated rings. The van der Waals surface area contributed by atoms with E-state index in [1.165, 1.54) is 0 Å². The molecule has 0 aliphatic carbocycles. The van der Waals surface area contributed by atoms with E-state index in [1.807, 2.05) is 6.92 Å². The van der Waals surface area contributed by atoms with Crippen molar-refractivity contribution in [3.8, 4) is 0 Å². The molecule has 0 aromatic carbocycles. The van der Waals surface area contributed by atoms with Crippen LogP contribution in [-0.4, -0.2) is 32.2 Å². The molecule has 0 bridgehead atoms. The zero-order valence-electron chi connectivity index (χ0n) is 6.80. The molecule has 0 saturated carbocycles. The third kappa shape index (κ3) is 1.36. The lowest BCUT2D eigenvalue weighted by atomic mass is 9.82. The van der Waals surface area contributed by atoms with E-state index in [0.29, 0.717) is 13.2 Å². The molecule has 0 unspecified atom stereocenters. The van der Waals surface area contributed by atoms with Crippen molar-refractivity contribution in [1.82, 2.24) is 0 Å². The molecule has 4 nitrogen and oxygen atoms in total. The second-order valence-corrected chi connectivity index (χ2v) is 2.90. The summed E-state index contributed by atoms with van der Waals surface area (Å²) in [7, 11) is 0. The van der Waals surface area contributed by atoms with Crippen LogP contribution in [0.1, 0.15) is 6.92 Å². The Hall–Kier alpha value is -0.610. The summed E-state index contributed by atoms with van der Waals surface area (Å²) in [5, 5.41) is 2.06. The number of carbonyl (C=O) groups is 1. The first kappa shape index (κ1) is 8.49. The van der Waals surface area contributed by atoms with Gasteiger partial charge in [-0.25, -0.2) is 0 Å². The molecule has 0 radical (unpaired) electrons. The van der Waals surface area contributed by atoms with E-state index in [4.69, 9.17) is 10.5 Å². The Bertz CT molecular complexity index is 149. The van der Waals surface area contributed by atoms with Crippen molar-refractivity contribution in [2.75, 3.05) is 26.2 Å². The fourth-order valence-electron chi connectivity index (χ4n) is 1.19. The van der Waals surface area contributed by atoms with Crippen LogP contribution >= 0.6 is 0 Å². The predicted octanol–water partition coefficient (Wildman–Crippen LogP) is -1.93. The highest BCUT2D eigenvalue weighted by Crippen LogP contribution is 2.17. The average Bonchev–Trinajstić information content (AvgIpc) is 1.87. The van der Waals surface area contributed by atoms with Gasteiger partial charge in [0.2, 0.25) is 0 Å². The molecule has 64 valence electrons. The van der Waals surface area contributed by atoms with Crippen molar-refractivity contribution in [3.63, 3.8) is 0 Å². The first-order chi connectivity index (χ1) is 5.25. The van der Waals surface area contributed by atoms with Gasteiger partial charge in [0.25, 0.3) is 0 Å².